The van der Waals surface area contributed by atoms with Crippen LogP contribution in [0.3, 0.4) is 0 Å². The summed E-state index contributed by atoms with van der Waals surface area (Å²) in [4.78, 5) is 30.6. The fraction of sp³-hybridized carbons (Fsp3) is 0.231. The van der Waals surface area contributed by atoms with Crippen molar-refractivity contribution in [3.05, 3.63) is 58.2 Å². The molecule has 1 heterocycles. The van der Waals surface area contributed by atoms with Gasteiger partial charge in [0.25, 0.3) is 5.69 Å². The van der Waals surface area contributed by atoms with Gasteiger partial charge in [-0.1, -0.05) is 12.1 Å². The van der Waals surface area contributed by atoms with Gasteiger partial charge in [0.1, 0.15) is 5.82 Å². The van der Waals surface area contributed by atoms with Gasteiger partial charge in [0.05, 0.1) is 17.9 Å². The molecule has 0 saturated carbocycles. The van der Waals surface area contributed by atoms with Crippen molar-refractivity contribution in [2.45, 2.75) is 13.0 Å². The monoisotopic (exact) mass is 274 g/mol. The highest BCUT2D eigenvalue weighted by atomic mass is 16.6. The molecule has 104 valence electrons. The number of benzene rings is 1. The third kappa shape index (κ3) is 3.41. The van der Waals surface area contributed by atoms with Crippen LogP contribution in [0.15, 0.2) is 36.7 Å². The summed E-state index contributed by atoms with van der Waals surface area (Å²) < 4.78 is 0. The van der Waals surface area contributed by atoms with Crippen LogP contribution in [-0.4, -0.2) is 32.7 Å². The van der Waals surface area contributed by atoms with Crippen molar-refractivity contribution in [1.29, 1.82) is 0 Å². The third-order valence-corrected chi connectivity index (χ3v) is 2.87. The lowest BCUT2D eigenvalue weighted by molar-refractivity contribution is -0.384. The van der Waals surface area contributed by atoms with Crippen molar-refractivity contribution in [1.82, 2.24) is 14.9 Å². The number of hydrogen-bond acceptors (Lipinski definition) is 4. The fourth-order valence-electron chi connectivity index (χ4n) is 1.74. The Morgan fingerprint density at radius 1 is 1.40 bits per heavy atom. The van der Waals surface area contributed by atoms with Crippen molar-refractivity contribution in [2.75, 3.05) is 7.05 Å². The molecule has 0 bridgehead atoms. The zero-order chi connectivity index (χ0) is 14.5. The van der Waals surface area contributed by atoms with Gasteiger partial charge < -0.3 is 9.88 Å². The molecule has 0 aliphatic rings. The second-order valence-corrected chi connectivity index (χ2v) is 4.39. The second-order valence-electron chi connectivity index (χ2n) is 4.39. The number of carbonyl (C=O) groups is 1. The van der Waals surface area contributed by atoms with Crippen LogP contribution in [0.5, 0.6) is 0 Å². The van der Waals surface area contributed by atoms with Gasteiger partial charge in [-0.2, -0.15) is 0 Å². The fourth-order valence-corrected chi connectivity index (χ4v) is 1.74. The topological polar surface area (TPSA) is 92.1 Å². The van der Waals surface area contributed by atoms with Gasteiger partial charge in [-0.15, -0.1) is 0 Å². The molecule has 2 rings (SSSR count). The van der Waals surface area contributed by atoms with Crippen LogP contribution in [0.1, 0.15) is 11.4 Å². The smallest absolute Gasteiger partial charge is 0.269 e. The van der Waals surface area contributed by atoms with Crippen molar-refractivity contribution >= 4 is 11.6 Å². The number of nitrogens with one attached hydrogen (secondary N) is 1. The van der Waals surface area contributed by atoms with E-state index in [4.69, 9.17) is 0 Å². The van der Waals surface area contributed by atoms with E-state index in [0.717, 1.165) is 5.56 Å². The number of H-pyrrole nitrogens is 1. The average Bonchev–Trinajstić information content (AvgIpc) is 2.92. The molecule has 7 nitrogen and oxygen atoms in total. The highest BCUT2D eigenvalue weighted by Gasteiger charge is 2.12. The number of aromatic nitrogens is 2. The molecule has 1 aromatic heterocycles. The Hall–Kier alpha value is -2.70. The molecular weight excluding hydrogens is 260 g/mol. The zero-order valence-corrected chi connectivity index (χ0v) is 10.9. The van der Waals surface area contributed by atoms with Crippen molar-refractivity contribution in [3.8, 4) is 0 Å². The number of aromatic amines is 1. The number of nitro benzene ring substituents is 1. The summed E-state index contributed by atoms with van der Waals surface area (Å²) in [5.41, 5.74) is 0.761. The predicted octanol–water partition coefficient (Wildman–Crippen LogP) is 1.52. The van der Waals surface area contributed by atoms with E-state index in [2.05, 4.69) is 9.97 Å². The van der Waals surface area contributed by atoms with Crippen LogP contribution in [0.4, 0.5) is 5.69 Å². The Morgan fingerprint density at radius 3 is 2.65 bits per heavy atom. The first-order chi connectivity index (χ1) is 9.56. The minimum atomic E-state index is -0.464. The molecule has 2 aromatic rings. The maximum Gasteiger partial charge on any atom is 0.269 e. The number of hydrogen-bond donors (Lipinski definition) is 1. The summed E-state index contributed by atoms with van der Waals surface area (Å²) in [5, 5.41) is 10.5. The molecular formula is C13H14N4O3. The van der Waals surface area contributed by atoms with E-state index in [0.29, 0.717) is 12.4 Å². The molecule has 0 radical (unpaired) electrons. The van der Waals surface area contributed by atoms with Crippen molar-refractivity contribution < 1.29 is 9.72 Å². The molecule has 7 heteroatoms. The van der Waals surface area contributed by atoms with Gasteiger partial charge in [-0.25, -0.2) is 4.98 Å². The number of nitrogens with zero attached hydrogens (tertiary/aromatic N) is 3. The summed E-state index contributed by atoms with van der Waals surface area (Å²) in [6.07, 6.45) is 3.53. The van der Waals surface area contributed by atoms with Crippen molar-refractivity contribution in [2.24, 2.45) is 0 Å². The second kappa shape index (κ2) is 5.96. The summed E-state index contributed by atoms with van der Waals surface area (Å²) in [6, 6.07) is 5.98. The molecule has 20 heavy (non-hydrogen) atoms. The van der Waals surface area contributed by atoms with E-state index in [-0.39, 0.29) is 18.0 Å². The first kappa shape index (κ1) is 13.7. The van der Waals surface area contributed by atoms with Crippen LogP contribution < -0.4 is 0 Å². The molecule has 0 fully saturated rings. The third-order valence-electron chi connectivity index (χ3n) is 2.87. The molecule has 1 aromatic carbocycles. The van der Waals surface area contributed by atoms with E-state index >= 15 is 0 Å². The standard InChI is InChI=1S/C13H14N4O3/c1-16(9-12-14-6-7-15-12)13(18)8-10-2-4-11(5-3-10)17(19)20/h2-7H,8-9H2,1H3,(H,14,15). The highest BCUT2D eigenvalue weighted by molar-refractivity contribution is 5.78. The Morgan fingerprint density at radius 2 is 2.10 bits per heavy atom. The number of non-ortho nitro benzene ring substituents is 1. The van der Waals surface area contributed by atoms with Crippen LogP contribution >= 0.6 is 0 Å². The molecule has 0 saturated heterocycles. The quantitative estimate of drug-likeness (QED) is 0.661. The van der Waals surface area contributed by atoms with Gasteiger partial charge in [0.15, 0.2) is 0 Å². The number of amides is 1. The maximum atomic E-state index is 12.0. The Balaban J connectivity index is 1.95. The van der Waals surface area contributed by atoms with E-state index in [9.17, 15) is 14.9 Å². The lowest BCUT2D eigenvalue weighted by atomic mass is 10.1. The summed E-state index contributed by atoms with van der Waals surface area (Å²) in [5.74, 6) is 0.639. The lowest BCUT2D eigenvalue weighted by Crippen LogP contribution is -2.28. The Bertz CT molecular complexity index is 593. The molecule has 0 unspecified atom stereocenters. The highest BCUT2D eigenvalue weighted by Crippen LogP contribution is 2.13. The molecule has 1 N–H and O–H groups in total. The first-order valence-electron chi connectivity index (χ1n) is 6.02. The van der Waals surface area contributed by atoms with Gasteiger partial charge in [0.2, 0.25) is 5.91 Å². The van der Waals surface area contributed by atoms with Crippen LogP contribution in [0.2, 0.25) is 0 Å². The zero-order valence-electron chi connectivity index (χ0n) is 10.9. The number of imidazole rings is 1. The van der Waals surface area contributed by atoms with Gasteiger partial charge in [-0.3, -0.25) is 14.9 Å². The van der Waals surface area contributed by atoms with Crippen LogP contribution in [0, 0.1) is 10.1 Å². The number of nitro groups is 1. The van der Waals surface area contributed by atoms with Gasteiger partial charge >= 0.3 is 0 Å². The van der Waals surface area contributed by atoms with Crippen LogP contribution in [-0.2, 0) is 17.8 Å². The molecule has 0 atom stereocenters. The first-order valence-corrected chi connectivity index (χ1v) is 6.02. The van der Waals surface area contributed by atoms with E-state index < -0.39 is 4.92 Å². The minimum absolute atomic E-state index is 0.0186. The maximum absolute atomic E-state index is 12.0. The van der Waals surface area contributed by atoms with E-state index in [1.54, 1.807) is 36.5 Å². The van der Waals surface area contributed by atoms with E-state index in [1.165, 1.54) is 12.1 Å². The van der Waals surface area contributed by atoms with Crippen molar-refractivity contribution in [3.63, 3.8) is 0 Å². The largest absolute Gasteiger partial charge is 0.347 e. The Kier molecular flexibility index (Phi) is 4.09. The Labute approximate surface area is 115 Å². The lowest BCUT2D eigenvalue weighted by Gasteiger charge is -2.15. The molecule has 0 aliphatic carbocycles. The average molecular weight is 274 g/mol. The SMILES string of the molecule is CN(Cc1ncc[nH]1)C(=O)Cc1ccc([N+](=O)[O-])cc1. The van der Waals surface area contributed by atoms with Gasteiger partial charge in [0, 0.05) is 31.6 Å². The number of likely N-dealkylation sites (N-methyl/N-ethyl adjacent to an activating group) is 1. The van der Waals surface area contributed by atoms with Gasteiger partial charge in [-0.05, 0) is 5.56 Å². The van der Waals surface area contributed by atoms with Crippen LogP contribution in [0.25, 0.3) is 0 Å². The summed E-state index contributed by atoms with van der Waals surface area (Å²) in [7, 11) is 1.69. The molecule has 1 amide bonds. The number of carbonyl (C=O) groups excluding carboxylic acids is 1. The number of rotatable bonds is 5. The summed E-state index contributed by atoms with van der Waals surface area (Å²) in [6.45, 7) is 0.402. The molecule has 0 aliphatic heterocycles. The van der Waals surface area contributed by atoms with E-state index in [1.807, 2.05) is 0 Å². The normalized spacial score (nSPS) is 10.2. The molecule has 0 spiro atoms. The minimum Gasteiger partial charge on any atom is -0.347 e. The predicted molar refractivity (Wildman–Crippen MR) is 71.9 cm³/mol. The summed E-state index contributed by atoms with van der Waals surface area (Å²) >= 11 is 0.